The van der Waals surface area contributed by atoms with Crippen molar-refractivity contribution in [2.24, 2.45) is 0 Å². The lowest BCUT2D eigenvalue weighted by Crippen LogP contribution is -2.44. The summed E-state index contributed by atoms with van der Waals surface area (Å²) in [6, 6.07) is 2.71. The Balaban J connectivity index is 2.40. The number of β-amino-alcohol motifs (C(OH)–C–C–N with tert-alkyl or cyclic N) is 1. The number of hydrogen-bond donors (Lipinski definition) is 1. The second kappa shape index (κ2) is 4.76. The van der Waals surface area contributed by atoms with E-state index in [2.05, 4.69) is 0 Å². The Bertz CT molecular complexity index is 474. The predicted molar refractivity (Wildman–Crippen MR) is 62.0 cm³/mol. The van der Waals surface area contributed by atoms with E-state index in [-0.39, 0.29) is 12.1 Å². The van der Waals surface area contributed by atoms with Gasteiger partial charge in [-0.15, -0.1) is 0 Å². The molecule has 0 aliphatic carbocycles. The lowest BCUT2D eigenvalue weighted by atomic mass is 9.85. The Morgan fingerprint density at radius 3 is 2.58 bits per heavy atom. The maximum atomic E-state index is 13.2. The fraction of sp³-hybridized carbons (Fsp3) is 0.538. The number of benzene rings is 1. The van der Waals surface area contributed by atoms with Gasteiger partial charge in [-0.2, -0.15) is 13.2 Å². The number of aliphatic hydroxyl groups is 1. The first-order valence-corrected chi connectivity index (χ1v) is 6.00. The summed E-state index contributed by atoms with van der Waals surface area (Å²) < 4.78 is 51.2. The Morgan fingerprint density at radius 2 is 2.00 bits per heavy atom. The second-order valence-corrected chi connectivity index (χ2v) is 5.07. The average molecular weight is 277 g/mol. The van der Waals surface area contributed by atoms with Crippen molar-refractivity contribution in [2.75, 3.05) is 20.1 Å². The highest BCUT2D eigenvalue weighted by molar-refractivity contribution is 5.32. The van der Waals surface area contributed by atoms with Crippen molar-refractivity contribution in [1.29, 1.82) is 0 Å². The Morgan fingerprint density at radius 1 is 1.32 bits per heavy atom. The molecule has 2 nitrogen and oxygen atoms in total. The molecule has 1 aromatic rings. The van der Waals surface area contributed by atoms with Gasteiger partial charge in [0.2, 0.25) is 0 Å². The summed E-state index contributed by atoms with van der Waals surface area (Å²) in [6.45, 7) is 1.03. The van der Waals surface area contributed by atoms with Crippen LogP contribution in [-0.2, 0) is 11.8 Å². The molecule has 1 unspecified atom stereocenters. The second-order valence-electron chi connectivity index (χ2n) is 5.07. The van der Waals surface area contributed by atoms with Crippen molar-refractivity contribution in [1.82, 2.24) is 4.90 Å². The van der Waals surface area contributed by atoms with Crippen LogP contribution in [0.25, 0.3) is 0 Å². The maximum Gasteiger partial charge on any atom is 0.419 e. The monoisotopic (exact) mass is 277 g/mol. The normalized spacial score (nSPS) is 25.6. The van der Waals surface area contributed by atoms with Gasteiger partial charge in [-0.1, -0.05) is 6.07 Å². The number of piperidine rings is 1. The van der Waals surface area contributed by atoms with E-state index in [0.29, 0.717) is 18.9 Å². The van der Waals surface area contributed by atoms with Crippen LogP contribution in [-0.4, -0.2) is 30.1 Å². The van der Waals surface area contributed by atoms with Gasteiger partial charge in [0, 0.05) is 6.54 Å². The van der Waals surface area contributed by atoms with E-state index in [1.165, 1.54) is 6.07 Å². The van der Waals surface area contributed by atoms with Crippen LogP contribution in [0.4, 0.5) is 17.6 Å². The molecule has 1 aliphatic rings. The van der Waals surface area contributed by atoms with Gasteiger partial charge in [0.15, 0.2) is 0 Å². The van der Waals surface area contributed by atoms with E-state index in [4.69, 9.17) is 0 Å². The molecule has 1 aromatic carbocycles. The van der Waals surface area contributed by atoms with E-state index in [1.54, 1.807) is 7.05 Å². The molecule has 1 atom stereocenters. The van der Waals surface area contributed by atoms with Gasteiger partial charge in [0.05, 0.1) is 5.56 Å². The lowest BCUT2D eigenvalue weighted by Gasteiger charge is -2.38. The van der Waals surface area contributed by atoms with Gasteiger partial charge in [-0.25, -0.2) is 4.39 Å². The largest absolute Gasteiger partial charge is 0.419 e. The number of nitrogens with zero attached hydrogens (tertiary/aromatic N) is 1. The summed E-state index contributed by atoms with van der Waals surface area (Å²) in [7, 11) is 1.79. The highest BCUT2D eigenvalue weighted by Crippen LogP contribution is 2.36. The van der Waals surface area contributed by atoms with Gasteiger partial charge in [0.1, 0.15) is 11.4 Å². The predicted octanol–water partition coefficient (Wildman–Crippen LogP) is 2.76. The molecular formula is C13H15F4NO. The summed E-state index contributed by atoms with van der Waals surface area (Å²) in [6.07, 6.45) is -3.69. The first-order chi connectivity index (χ1) is 8.72. The highest BCUT2D eigenvalue weighted by Gasteiger charge is 2.38. The van der Waals surface area contributed by atoms with Gasteiger partial charge >= 0.3 is 6.18 Å². The zero-order chi connectivity index (χ0) is 14.3. The van der Waals surface area contributed by atoms with Crippen molar-refractivity contribution in [3.63, 3.8) is 0 Å². The van der Waals surface area contributed by atoms with Crippen LogP contribution in [0.2, 0.25) is 0 Å². The molecule has 0 bridgehead atoms. The van der Waals surface area contributed by atoms with E-state index < -0.39 is 23.2 Å². The third kappa shape index (κ3) is 2.90. The van der Waals surface area contributed by atoms with Gasteiger partial charge < -0.3 is 10.0 Å². The van der Waals surface area contributed by atoms with Crippen LogP contribution < -0.4 is 0 Å². The van der Waals surface area contributed by atoms with E-state index in [9.17, 15) is 22.7 Å². The molecule has 1 N–H and O–H groups in total. The van der Waals surface area contributed by atoms with Crippen molar-refractivity contribution in [3.05, 3.63) is 35.1 Å². The summed E-state index contributed by atoms with van der Waals surface area (Å²) in [4.78, 5) is 1.85. The van der Waals surface area contributed by atoms with Crippen LogP contribution in [0.3, 0.4) is 0 Å². The fourth-order valence-electron chi connectivity index (χ4n) is 2.51. The number of alkyl halides is 3. The molecule has 19 heavy (non-hydrogen) atoms. The molecule has 1 saturated heterocycles. The first kappa shape index (κ1) is 14.3. The molecule has 0 radical (unpaired) electrons. The summed E-state index contributed by atoms with van der Waals surface area (Å²) >= 11 is 0. The van der Waals surface area contributed by atoms with Crippen LogP contribution in [0.1, 0.15) is 24.0 Å². The third-order valence-corrected chi connectivity index (χ3v) is 3.47. The fourth-order valence-corrected chi connectivity index (χ4v) is 2.51. The topological polar surface area (TPSA) is 23.5 Å². The zero-order valence-corrected chi connectivity index (χ0v) is 10.5. The van der Waals surface area contributed by atoms with Crippen LogP contribution in [0.5, 0.6) is 0 Å². The summed E-state index contributed by atoms with van der Waals surface area (Å²) in [5.41, 5.74) is -2.56. The minimum atomic E-state index is -4.75. The minimum Gasteiger partial charge on any atom is -0.384 e. The van der Waals surface area contributed by atoms with Crippen molar-refractivity contribution in [3.8, 4) is 0 Å². The number of halogens is 4. The Labute approximate surface area is 108 Å². The first-order valence-electron chi connectivity index (χ1n) is 6.00. The minimum absolute atomic E-state index is 0.118. The molecule has 0 spiro atoms. The molecule has 1 heterocycles. The SMILES string of the molecule is CN1CCCC(O)(c2ccc(F)c(C(F)(F)F)c2)C1. The smallest absolute Gasteiger partial charge is 0.384 e. The highest BCUT2D eigenvalue weighted by atomic mass is 19.4. The van der Waals surface area contributed by atoms with E-state index in [1.807, 2.05) is 4.90 Å². The zero-order valence-electron chi connectivity index (χ0n) is 10.5. The molecule has 1 aliphatic heterocycles. The maximum absolute atomic E-state index is 13.2. The van der Waals surface area contributed by atoms with E-state index in [0.717, 1.165) is 12.6 Å². The van der Waals surface area contributed by atoms with Crippen LogP contribution in [0, 0.1) is 5.82 Å². The number of hydrogen-bond acceptors (Lipinski definition) is 2. The van der Waals surface area contributed by atoms with Gasteiger partial charge in [0.25, 0.3) is 0 Å². The van der Waals surface area contributed by atoms with E-state index >= 15 is 0 Å². The summed E-state index contributed by atoms with van der Waals surface area (Å²) in [5.74, 6) is -1.32. The molecular weight excluding hydrogens is 262 g/mol. The number of likely N-dealkylation sites (N-methyl/N-ethyl adjacent to an activating group) is 1. The Kier molecular flexibility index (Phi) is 3.57. The molecule has 0 saturated carbocycles. The third-order valence-electron chi connectivity index (χ3n) is 3.47. The van der Waals surface area contributed by atoms with Crippen molar-refractivity contribution in [2.45, 2.75) is 24.6 Å². The van der Waals surface area contributed by atoms with Gasteiger partial charge in [-0.05, 0) is 44.1 Å². The van der Waals surface area contributed by atoms with Crippen molar-refractivity contribution < 1.29 is 22.7 Å². The molecule has 106 valence electrons. The number of likely N-dealkylation sites (tertiary alicyclic amines) is 1. The average Bonchev–Trinajstić information content (AvgIpc) is 2.27. The molecule has 1 fully saturated rings. The quantitative estimate of drug-likeness (QED) is 0.798. The molecule has 0 aromatic heterocycles. The van der Waals surface area contributed by atoms with Crippen molar-refractivity contribution >= 4 is 0 Å². The van der Waals surface area contributed by atoms with Gasteiger partial charge in [-0.3, -0.25) is 0 Å². The standard InChI is InChI=1S/C13H15F4NO/c1-18-6-2-5-12(19,8-18)9-3-4-11(14)10(7-9)13(15,16)17/h3-4,7,19H,2,5-6,8H2,1H3. The molecule has 2 rings (SSSR count). The lowest BCUT2D eigenvalue weighted by molar-refractivity contribution is -0.140. The summed E-state index contributed by atoms with van der Waals surface area (Å²) in [5, 5.41) is 10.5. The molecule has 0 amide bonds. The number of rotatable bonds is 1. The van der Waals surface area contributed by atoms with Crippen LogP contribution in [0.15, 0.2) is 18.2 Å². The molecule has 6 heteroatoms. The Hall–Kier alpha value is -1.14. The van der Waals surface area contributed by atoms with Crippen LogP contribution >= 0.6 is 0 Å².